The molecular weight excluding hydrogens is 555 g/mol. The highest BCUT2D eigenvalue weighted by atomic mass is 127. The highest BCUT2D eigenvalue weighted by Crippen LogP contribution is 2.47. The van der Waals surface area contributed by atoms with E-state index < -0.39 is 0 Å². The minimum Gasteiger partial charge on any atom is -0.495 e. The lowest BCUT2D eigenvalue weighted by molar-refractivity contribution is -0.150. The van der Waals surface area contributed by atoms with Crippen molar-refractivity contribution >= 4 is 63.6 Å². The van der Waals surface area contributed by atoms with Gasteiger partial charge in [0.2, 0.25) is 0 Å². The van der Waals surface area contributed by atoms with Crippen molar-refractivity contribution in [2.75, 3.05) is 21.3 Å². The van der Waals surface area contributed by atoms with Crippen LogP contribution in [-0.2, 0) is 9.53 Å². The van der Waals surface area contributed by atoms with Crippen LogP contribution in [0.15, 0.2) is 12.1 Å². The van der Waals surface area contributed by atoms with E-state index >= 15 is 0 Å². The van der Waals surface area contributed by atoms with E-state index in [4.69, 9.17) is 9.47 Å². The number of ether oxygens (including phenoxy) is 2. The first-order valence-electron chi connectivity index (χ1n) is 7.80. The Morgan fingerprint density at radius 1 is 1.21 bits per heavy atom. The molecule has 7 heteroatoms. The van der Waals surface area contributed by atoms with Crippen molar-refractivity contribution in [1.82, 2.24) is 4.90 Å². The molecule has 2 bridgehead atoms. The highest BCUT2D eigenvalue weighted by Gasteiger charge is 2.49. The zero-order chi connectivity index (χ0) is 16.7. The highest BCUT2D eigenvalue weighted by molar-refractivity contribution is 14.1. The van der Waals surface area contributed by atoms with E-state index in [0.717, 1.165) is 25.7 Å². The topological polar surface area (TPSA) is 38.8 Å². The summed E-state index contributed by atoms with van der Waals surface area (Å²) in [5, 5.41) is 0. The lowest BCUT2D eigenvalue weighted by Crippen LogP contribution is -2.49. The summed E-state index contributed by atoms with van der Waals surface area (Å²) in [5.74, 6) is 0.987. The second-order valence-corrected chi connectivity index (χ2v) is 8.70. The van der Waals surface area contributed by atoms with Gasteiger partial charge in [-0.1, -0.05) is 0 Å². The molecule has 4 nitrogen and oxygen atoms in total. The average molecular weight is 578 g/mol. The molecule has 2 aliphatic heterocycles. The van der Waals surface area contributed by atoms with E-state index in [1.165, 1.54) is 19.1 Å². The molecule has 0 N–H and O–H groups in total. The summed E-state index contributed by atoms with van der Waals surface area (Å²) in [6.45, 7) is 0. The minimum absolute atomic E-state index is 0. The molecule has 4 atom stereocenters. The molecule has 0 amide bonds. The number of fused-ring (bicyclic) bond motifs is 2. The van der Waals surface area contributed by atoms with Crippen LogP contribution in [-0.4, -0.2) is 44.2 Å². The fourth-order valence-corrected chi connectivity index (χ4v) is 6.51. The maximum Gasteiger partial charge on any atom is 0.310 e. The SMILES string of the molecule is COC(=O)[C@H]1[C@@H](c2cc(I)c(OC)c(I)c2)C[C@H]2CC[C@H]1N2C.Cl. The van der Waals surface area contributed by atoms with Crippen molar-refractivity contribution in [3.63, 3.8) is 0 Å². The average Bonchev–Trinajstić information content (AvgIpc) is 2.76. The Kier molecular flexibility index (Phi) is 7.06. The van der Waals surface area contributed by atoms with Crippen molar-refractivity contribution in [1.29, 1.82) is 0 Å². The number of rotatable bonds is 3. The van der Waals surface area contributed by atoms with Crippen molar-refractivity contribution < 1.29 is 14.3 Å². The lowest BCUT2D eigenvalue weighted by Gasteiger charge is -2.41. The monoisotopic (exact) mass is 577 g/mol. The third-order valence-electron chi connectivity index (χ3n) is 5.40. The second-order valence-electron chi connectivity index (χ2n) is 6.37. The van der Waals surface area contributed by atoms with Crippen LogP contribution in [0.2, 0.25) is 0 Å². The van der Waals surface area contributed by atoms with Crippen molar-refractivity contribution in [3.8, 4) is 5.75 Å². The number of carbonyl (C=O) groups is 1. The van der Waals surface area contributed by atoms with Gasteiger partial charge in [0, 0.05) is 18.0 Å². The maximum atomic E-state index is 12.5. The van der Waals surface area contributed by atoms with Gasteiger partial charge < -0.3 is 9.47 Å². The number of carbonyl (C=O) groups excluding carboxylic acids is 1. The molecule has 24 heavy (non-hydrogen) atoms. The van der Waals surface area contributed by atoms with Gasteiger partial charge in [-0.3, -0.25) is 9.69 Å². The van der Waals surface area contributed by atoms with E-state index in [9.17, 15) is 4.79 Å². The molecule has 0 saturated carbocycles. The van der Waals surface area contributed by atoms with Gasteiger partial charge in [-0.05, 0) is 89.2 Å². The van der Waals surface area contributed by atoms with Crippen LogP contribution in [0.1, 0.15) is 30.7 Å². The fourth-order valence-electron chi connectivity index (χ4n) is 4.26. The molecule has 0 spiro atoms. The van der Waals surface area contributed by atoms with Gasteiger partial charge in [0.15, 0.2) is 0 Å². The molecular formula is C17H22ClI2NO3. The molecule has 3 rings (SSSR count). The van der Waals surface area contributed by atoms with Gasteiger partial charge in [0.05, 0.1) is 27.3 Å². The minimum atomic E-state index is -0.0799. The first-order chi connectivity index (χ1) is 11.0. The van der Waals surface area contributed by atoms with E-state index in [1.807, 2.05) is 0 Å². The largest absolute Gasteiger partial charge is 0.495 e. The van der Waals surface area contributed by atoms with Crippen molar-refractivity contribution in [2.45, 2.75) is 37.3 Å². The van der Waals surface area contributed by atoms with Gasteiger partial charge in [-0.2, -0.15) is 0 Å². The molecule has 1 aromatic carbocycles. The van der Waals surface area contributed by atoms with Crippen molar-refractivity contribution in [2.24, 2.45) is 5.92 Å². The molecule has 0 radical (unpaired) electrons. The Bertz CT molecular complexity index is 605. The molecule has 2 saturated heterocycles. The summed E-state index contributed by atoms with van der Waals surface area (Å²) < 4.78 is 12.8. The molecule has 134 valence electrons. The summed E-state index contributed by atoms with van der Waals surface area (Å²) in [4.78, 5) is 14.9. The zero-order valence-electron chi connectivity index (χ0n) is 13.9. The summed E-state index contributed by atoms with van der Waals surface area (Å²) in [6, 6.07) is 5.21. The van der Waals surface area contributed by atoms with Gasteiger partial charge >= 0.3 is 5.97 Å². The molecule has 1 aromatic rings. The first-order valence-corrected chi connectivity index (χ1v) is 9.96. The van der Waals surface area contributed by atoms with Gasteiger partial charge in [-0.25, -0.2) is 0 Å². The summed E-state index contributed by atoms with van der Waals surface area (Å²) in [7, 11) is 5.35. The summed E-state index contributed by atoms with van der Waals surface area (Å²) in [5.41, 5.74) is 1.24. The molecule has 0 aromatic heterocycles. The van der Waals surface area contributed by atoms with Crippen LogP contribution in [0.25, 0.3) is 0 Å². The van der Waals surface area contributed by atoms with Crippen LogP contribution >= 0.6 is 57.6 Å². The standard InChI is InChI=1S/C17H21I2NO3.ClH/c1-20-10-4-5-14(20)15(17(21)23-3)11(8-10)9-6-12(18)16(22-2)13(19)7-9;/h6-7,10-11,14-15H,4-5,8H2,1-3H3;1H/t10-,11-,14-,15+;/m1./s1. The van der Waals surface area contributed by atoms with Crippen LogP contribution in [0.5, 0.6) is 5.75 Å². The van der Waals surface area contributed by atoms with E-state index in [0.29, 0.717) is 12.1 Å². The van der Waals surface area contributed by atoms with Crippen LogP contribution in [0, 0.1) is 13.1 Å². The van der Waals surface area contributed by atoms with Gasteiger partial charge in [0.1, 0.15) is 5.75 Å². The van der Waals surface area contributed by atoms with Crippen molar-refractivity contribution in [3.05, 3.63) is 24.8 Å². The Balaban J connectivity index is 0.00000208. The smallest absolute Gasteiger partial charge is 0.310 e. The van der Waals surface area contributed by atoms with Crippen LogP contribution < -0.4 is 4.74 Å². The predicted molar refractivity (Wildman–Crippen MR) is 113 cm³/mol. The van der Waals surface area contributed by atoms with E-state index in [1.54, 1.807) is 7.11 Å². The van der Waals surface area contributed by atoms with E-state index in [2.05, 4.69) is 69.3 Å². The molecule has 2 heterocycles. The maximum absolute atomic E-state index is 12.5. The molecule has 0 aliphatic carbocycles. The fraction of sp³-hybridized carbons (Fsp3) is 0.588. The number of halogens is 3. The van der Waals surface area contributed by atoms with Crippen LogP contribution in [0.3, 0.4) is 0 Å². The molecule has 2 aliphatic rings. The number of benzene rings is 1. The number of hydrogen-bond acceptors (Lipinski definition) is 4. The zero-order valence-corrected chi connectivity index (χ0v) is 19.1. The predicted octanol–water partition coefficient (Wildman–Crippen LogP) is 4.07. The third kappa shape index (κ3) is 3.53. The summed E-state index contributed by atoms with van der Waals surface area (Å²) in [6.07, 6.45) is 3.28. The summed E-state index contributed by atoms with van der Waals surface area (Å²) >= 11 is 4.63. The number of hydrogen-bond donors (Lipinski definition) is 0. The number of methoxy groups -OCH3 is 2. The normalized spacial score (nSPS) is 29.0. The van der Waals surface area contributed by atoms with Crippen LogP contribution in [0.4, 0.5) is 0 Å². The Labute approximate surface area is 176 Å². The Hall–Kier alpha value is 0.200. The Morgan fingerprint density at radius 3 is 2.38 bits per heavy atom. The first kappa shape index (κ1) is 20.5. The number of nitrogens with zero attached hydrogens (tertiary/aromatic N) is 1. The molecule has 0 unspecified atom stereocenters. The van der Waals surface area contributed by atoms with E-state index in [-0.39, 0.29) is 30.2 Å². The Morgan fingerprint density at radius 2 is 1.83 bits per heavy atom. The quantitative estimate of drug-likeness (QED) is 0.401. The second kappa shape index (κ2) is 8.26. The number of piperidine rings is 1. The van der Waals surface area contributed by atoms with Gasteiger partial charge in [0.25, 0.3) is 0 Å². The van der Waals surface area contributed by atoms with Gasteiger partial charge in [-0.15, -0.1) is 12.4 Å². The number of esters is 1. The third-order valence-corrected chi connectivity index (χ3v) is 7.00. The lowest BCUT2D eigenvalue weighted by atomic mass is 9.76. The molecule has 2 fully saturated rings.